The highest BCUT2D eigenvalue weighted by Crippen LogP contribution is 2.36. The molecule has 2 atom stereocenters. The van der Waals surface area contributed by atoms with Gasteiger partial charge in [0, 0.05) is 12.0 Å². The van der Waals surface area contributed by atoms with Crippen molar-refractivity contribution in [2.45, 2.75) is 58.0 Å². The lowest BCUT2D eigenvalue weighted by Gasteiger charge is -2.37. The van der Waals surface area contributed by atoms with Gasteiger partial charge in [0.1, 0.15) is 0 Å². The van der Waals surface area contributed by atoms with Gasteiger partial charge >= 0.3 is 0 Å². The van der Waals surface area contributed by atoms with Crippen molar-refractivity contribution in [3.8, 4) is 0 Å². The van der Waals surface area contributed by atoms with Crippen LogP contribution in [0.2, 0.25) is 0 Å². The molecule has 2 aliphatic carbocycles. The molecule has 2 saturated carbocycles. The molecule has 0 saturated heterocycles. The number of aliphatic hydroxyl groups is 1. The molecule has 0 spiro atoms. The minimum absolute atomic E-state index is 0. The Morgan fingerprint density at radius 1 is 1.32 bits per heavy atom. The normalized spacial score (nSPS) is 32.3. The lowest BCUT2D eigenvalue weighted by atomic mass is 9.73. The number of guanidine groups is 1. The average molecular weight is 381 g/mol. The van der Waals surface area contributed by atoms with E-state index in [1.54, 1.807) is 0 Å². The van der Waals surface area contributed by atoms with Gasteiger partial charge < -0.3 is 16.2 Å². The van der Waals surface area contributed by atoms with Crippen molar-refractivity contribution in [1.82, 2.24) is 5.32 Å². The predicted octanol–water partition coefficient (Wildman–Crippen LogP) is 2.25. The van der Waals surface area contributed by atoms with Crippen molar-refractivity contribution in [2.24, 2.45) is 22.1 Å². The van der Waals surface area contributed by atoms with Gasteiger partial charge in [-0.1, -0.05) is 26.2 Å². The van der Waals surface area contributed by atoms with Gasteiger partial charge in [-0.25, -0.2) is 0 Å². The summed E-state index contributed by atoms with van der Waals surface area (Å²) >= 11 is 0. The van der Waals surface area contributed by atoms with E-state index in [1.165, 1.54) is 25.7 Å². The fourth-order valence-electron chi connectivity index (χ4n) is 2.83. The average Bonchev–Trinajstić information content (AvgIpc) is 2.29. The minimum Gasteiger partial charge on any atom is -0.392 e. The molecule has 0 aromatic carbocycles. The van der Waals surface area contributed by atoms with E-state index in [0.29, 0.717) is 12.5 Å². The van der Waals surface area contributed by atoms with Crippen LogP contribution in [0.3, 0.4) is 0 Å². The molecular weight excluding hydrogens is 353 g/mol. The van der Waals surface area contributed by atoms with Crippen molar-refractivity contribution in [3.63, 3.8) is 0 Å². The Balaban J connectivity index is 0.00000180. The van der Waals surface area contributed by atoms with Gasteiger partial charge in [-0.3, -0.25) is 4.99 Å². The van der Waals surface area contributed by atoms with Crippen LogP contribution in [0.1, 0.15) is 51.9 Å². The van der Waals surface area contributed by atoms with Crippen molar-refractivity contribution in [2.75, 3.05) is 13.1 Å². The van der Waals surface area contributed by atoms with Crippen LogP contribution in [0.15, 0.2) is 4.99 Å². The first-order chi connectivity index (χ1) is 8.60. The van der Waals surface area contributed by atoms with Crippen LogP contribution in [0.25, 0.3) is 0 Å². The molecule has 0 radical (unpaired) electrons. The quantitative estimate of drug-likeness (QED) is 0.398. The second kappa shape index (κ2) is 7.67. The van der Waals surface area contributed by atoms with Crippen molar-refractivity contribution >= 4 is 29.9 Å². The van der Waals surface area contributed by atoms with Crippen LogP contribution in [0.4, 0.5) is 0 Å². The molecule has 0 heterocycles. The molecule has 0 aromatic heterocycles. The van der Waals surface area contributed by atoms with Crippen LogP contribution in [-0.2, 0) is 0 Å². The van der Waals surface area contributed by atoms with Crippen molar-refractivity contribution < 1.29 is 5.11 Å². The number of nitrogens with one attached hydrogen (secondary N) is 1. The highest BCUT2D eigenvalue weighted by atomic mass is 127. The first-order valence-electron chi connectivity index (χ1n) is 7.32. The Morgan fingerprint density at radius 3 is 2.63 bits per heavy atom. The zero-order valence-electron chi connectivity index (χ0n) is 11.9. The summed E-state index contributed by atoms with van der Waals surface area (Å²) in [6.07, 6.45) is 8.04. The lowest BCUT2D eigenvalue weighted by molar-refractivity contribution is 0.00719. The van der Waals surface area contributed by atoms with E-state index in [9.17, 15) is 5.11 Å². The number of rotatable bonds is 4. The Labute approximate surface area is 133 Å². The molecule has 0 aliphatic heterocycles. The molecule has 2 unspecified atom stereocenters. The molecule has 112 valence electrons. The van der Waals surface area contributed by atoms with Crippen LogP contribution in [0.5, 0.6) is 0 Å². The first kappa shape index (κ1) is 17.0. The second-order valence-corrected chi connectivity index (χ2v) is 6.29. The zero-order chi connectivity index (χ0) is 13.0. The van der Waals surface area contributed by atoms with Gasteiger partial charge in [0.2, 0.25) is 0 Å². The number of nitrogens with two attached hydrogens (primary N) is 1. The molecule has 19 heavy (non-hydrogen) atoms. The lowest BCUT2D eigenvalue weighted by Crippen LogP contribution is -2.41. The SMILES string of the molecule is CC1(CN=C(N)NCC2CCC2)CCCCC1O.I. The molecule has 5 heteroatoms. The maximum Gasteiger partial charge on any atom is 0.188 e. The fraction of sp³-hybridized carbons (Fsp3) is 0.929. The molecule has 0 aromatic rings. The highest BCUT2D eigenvalue weighted by Gasteiger charge is 2.35. The van der Waals surface area contributed by atoms with Crippen molar-refractivity contribution in [3.05, 3.63) is 0 Å². The number of halogens is 1. The number of aliphatic imine (C=N–C) groups is 1. The standard InChI is InChI=1S/C14H27N3O.HI/c1-14(8-3-2-7-12(14)18)10-17-13(15)16-9-11-5-4-6-11;/h11-12,18H,2-10H2,1H3,(H3,15,16,17);1H. The summed E-state index contributed by atoms with van der Waals surface area (Å²) in [5.41, 5.74) is 5.80. The molecule has 4 N–H and O–H groups in total. The third kappa shape index (κ3) is 4.77. The van der Waals surface area contributed by atoms with Gasteiger partial charge in [0.25, 0.3) is 0 Å². The topological polar surface area (TPSA) is 70.6 Å². The molecule has 0 bridgehead atoms. The van der Waals surface area contributed by atoms with E-state index in [-0.39, 0.29) is 35.5 Å². The van der Waals surface area contributed by atoms with E-state index in [2.05, 4.69) is 17.2 Å². The van der Waals surface area contributed by atoms with Crippen LogP contribution < -0.4 is 11.1 Å². The van der Waals surface area contributed by atoms with Crippen molar-refractivity contribution in [1.29, 1.82) is 0 Å². The molecule has 4 nitrogen and oxygen atoms in total. The Bertz CT molecular complexity index is 307. The Kier molecular flexibility index (Phi) is 6.86. The summed E-state index contributed by atoms with van der Waals surface area (Å²) in [5.74, 6) is 1.33. The number of nitrogens with zero attached hydrogens (tertiary/aromatic N) is 1. The minimum atomic E-state index is -0.227. The maximum absolute atomic E-state index is 10.1. The number of hydrogen-bond donors (Lipinski definition) is 3. The Morgan fingerprint density at radius 2 is 2.05 bits per heavy atom. The third-order valence-corrected chi connectivity index (χ3v) is 4.69. The van der Waals surface area contributed by atoms with Gasteiger partial charge in [-0.15, -0.1) is 24.0 Å². The summed E-state index contributed by atoms with van der Waals surface area (Å²) in [7, 11) is 0. The van der Waals surface area contributed by atoms with E-state index in [0.717, 1.165) is 31.7 Å². The van der Waals surface area contributed by atoms with E-state index < -0.39 is 0 Å². The largest absolute Gasteiger partial charge is 0.392 e. The zero-order valence-corrected chi connectivity index (χ0v) is 14.2. The van der Waals surface area contributed by atoms with E-state index in [4.69, 9.17) is 5.73 Å². The fourth-order valence-corrected chi connectivity index (χ4v) is 2.83. The second-order valence-electron chi connectivity index (χ2n) is 6.29. The summed E-state index contributed by atoms with van der Waals surface area (Å²) in [6, 6.07) is 0. The van der Waals surface area contributed by atoms with Crippen LogP contribution in [0, 0.1) is 11.3 Å². The predicted molar refractivity (Wildman–Crippen MR) is 89.8 cm³/mol. The van der Waals surface area contributed by atoms with E-state index >= 15 is 0 Å². The Hall–Kier alpha value is -0.0400. The number of aliphatic hydroxyl groups excluding tert-OH is 1. The molecule has 2 fully saturated rings. The molecule has 0 amide bonds. The monoisotopic (exact) mass is 381 g/mol. The summed E-state index contributed by atoms with van der Waals surface area (Å²) in [4.78, 5) is 4.42. The molecule has 2 aliphatic rings. The molecular formula is C14H28IN3O. The summed E-state index contributed by atoms with van der Waals surface area (Å²) in [5, 5.41) is 13.3. The number of hydrogen-bond acceptors (Lipinski definition) is 2. The van der Waals surface area contributed by atoms with Crippen LogP contribution in [-0.4, -0.2) is 30.3 Å². The maximum atomic E-state index is 10.1. The smallest absolute Gasteiger partial charge is 0.188 e. The van der Waals surface area contributed by atoms with E-state index in [1.807, 2.05) is 0 Å². The van der Waals surface area contributed by atoms with Gasteiger partial charge in [-0.05, 0) is 31.6 Å². The summed E-state index contributed by atoms with van der Waals surface area (Å²) < 4.78 is 0. The van der Waals surface area contributed by atoms with Gasteiger partial charge in [0.05, 0.1) is 12.6 Å². The first-order valence-corrected chi connectivity index (χ1v) is 7.32. The third-order valence-electron chi connectivity index (χ3n) is 4.69. The van der Waals surface area contributed by atoms with Gasteiger partial charge in [0.15, 0.2) is 5.96 Å². The van der Waals surface area contributed by atoms with Crippen LogP contribution >= 0.6 is 24.0 Å². The highest BCUT2D eigenvalue weighted by molar-refractivity contribution is 14.0. The molecule has 2 rings (SSSR count). The summed E-state index contributed by atoms with van der Waals surface area (Å²) in [6.45, 7) is 3.71. The van der Waals surface area contributed by atoms with Gasteiger partial charge in [-0.2, -0.15) is 0 Å².